The van der Waals surface area contributed by atoms with Gasteiger partial charge in [-0.05, 0) is 49.4 Å². The number of nitrogens with one attached hydrogen (secondary N) is 1. The minimum absolute atomic E-state index is 0.342. The first-order valence-corrected chi connectivity index (χ1v) is 6.33. The van der Waals surface area contributed by atoms with E-state index in [9.17, 15) is 0 Å². The van der Waals surface area contributed by atoms with Gasteiger partial charge >= 0.3 is 0 Å². The number of hydrogen-bond donors (Lipinski definition) is 1. The molecule has 1 fully saturated rings. The predicted octanol–water partition coefficient (Wildman–Crippen LogP) is 2.30. The van der Waals surface area contributed by atoms with Gasteiger partial charge in [-0.15, -0.1) is 0 Å². The van der Waals surface area contributed by atoms with Crippen LogP contribution in [0, 0.1) is 5.92 Å². The molecule has 2 nitrogen and oxygen atoms in total. The molecule has 2 atom stereocenters. The summed E-state index contributed by atoms with van der Waals surface area (Å²) in [5.41, 5.74) is 2.92. The van der Waals surface area contributed by atoms with Crippen molar-refractivity contribution >= 4 is 0 Å². The van der Waals surface area contributed by atoms with Crippen LogP contribution in [0.15, 0.2) is 24.3 Å². The zero-order valence-corrected chi connectivity index (χ0v) is 9.61. The molecule has 1 N–H and O–H groups in total. The summed E-state index contributed by atoms with van der Waals surface area (Å²) in [5, 5.41) is 3.43. The van der Waals surface area contributed by atoms with Crippen molar-refractivity contribution in [3.63, 3.8) is 0 Å². The molecule has 0 amide bonds. The van der Waals surface area contributed by atoms with Crippen LogP contribution in [0.3, 0.4) is 0 Å². The first-order chi connectivity index (χ1) is 7.93. The Kier molecular flexibility index (Phi) is 2.94. The van der Waals surface area contributed by atoms with Crippen LogP contribution in [0.25, 0.3) is 0 Å². The number of rotatable bonds is 2. The Morgan fingerprint density at radius 1 is 1.31 bits per heavy atom. The van der Waals surface area contributed by atoms with Gasteiger partial charge in [-0.3, -0.25) is 0 Å². The molecular formula is C14H19NO. The van der Waals surface area contributed by atoms with Crippen molar-refractivity contribution in [2.75, 3.05) is 19.7 Å². The molecule has 86 valence electrons. The summed E-state index contributed by atoms with van der Waals surface area (Å²) >= 11 is 0. The molecule has 2 aliphatic rings. The lowest BCUT2D eigenvalue weighted by molar-refractivity contribution is 0.0270. The van der Waals surface area contributed by atoms with Gasteiger partial charge in [0.15, 0.2) is 0 Å². The van der Waals surface area contributed by atoms with Gasteiger partial charge in [-0.2, -0.15) is 0 Å². The van der Waals surface area contributed by atoms with Crippen LogP contribution in [0.1, 0.15) is 30.1 Å². The quantitative estimate of drug-likeness (QED) is 0.820. The average Bonchev–Trinajstić information content (AvgIpc) is 2.82. The second-order valence-electron chi connectivity index (χ2n) is 4.90. The Bertz CT molecular complexity index is 358. The van der Waals surface area contributed by atoms with E-state index in [1.165, 1.54) is 37.1 Å². The molecule has 0 radical (unpaired) electrons. The second-order valence-corrected chi connectivity index (χ2v) is 4.90. The van der Waals surface area contributed by atoms with Crippen LogP contribution in [0.2, 0.25) is 0 Å². The standard InChI is InChI=1S/C14H19NO/c1-2-4-13-12(3-1)6-8-16-14(13)9-11-5-7-15-10-11/h1-4,11,14-15H,5-10H2. The third-order valence-electron chi connectivity index (χ3n) is 3.80. The Labute approximate surface area is 97.0 Å². The summed E-state index contributed by atoms with van der Waals surface area (Å²) in [6.07, 6.45) is 3.91. The molecule has 0 bridgehead atoms. The van der Waals surface area contributed by atoms with E-state index in [1.54, 1.807) is 0 Å². The van der Waals surface area contributed by atoms with Crippen molar-refractivity contribution in [3.05, 3.63) is 35.4 Å². The molecular weight excluding hydrogens is 198 g/mol. The SMILES string of the molecule is c1ccc2c(c1)CCOC2CC1CCNC1. The van der Waals surface area contributed by atoms with Crippen molar-refractivity contribution in [1.29, 1.82) is 0 Å². The summed E-state index contributed by atoms with van der Waals surface area (Å²) < 4.78 is 5.94. The van der Waals surface area contributed by atoms with Crippen molar-refractivity contribution in [3.8, 4) is 0 Å². The van der Waals surface area contributed by atoms with E-state index in [1.807, 2.05) is 0 Å². The van der Waals surface area contributed by atoms with Crippen LogP contribution >= 0.6 is 0 Å². The van der Waals surface area contributed by atoms with Crippen LogP contribution in [0.5, 0.6) is 0 Å². The fraction of sp³-hybridized carbons (Fsp3) is 0.571. The summed E-state index contributed by atoms with van der Waals surface area (Å²) in [6, 6.07) is 8.76. The predicted molar refractivity (Wildman–Crippen MR) is 64.4 cm³/mol. The molecule has 2 heteroatoms. The maximum Gasteiger partial charge on any atom is 0.0830 e. The van der Waals surface area contributed by atoms with Gasteiger partial charge in [0.1, 0.15) is 0 Å². The lowest BCUT2D eigenvalue weighted by Crippen LogP contribution is -2.20. The van der Waals surface area contributed by atoms with Crippen LogP contribution in [-0.2, 0) is 11.2 Å². The minimum Gasteiger partial charge on any atom is -0.373 e. The highest BCUT2D eigenvalue weighted by molar-refractivity contribution is 5.30. The van der Waals surface area contributed by atoms with Crippen LogP contribution < -0.4 is 5.32 Å². The highest BCUT2D eigenvalue weighted by Gasteiger charge is 2.25. The molecule has 2 unspecified atom stereocenters. The summed E-state index contributed by atoms with van der Waals surface area (Å²) in [5.74, 6) is 0.802. The van der Waals surface area contributed by atoms with E-state index in [-0.39, 0.29) is 0 Å². The monoisotopic (exact) mass is 217 g/mol. The molecule has 1 aromatic carbocycles. The van der Waals surface area contributed by atoms with Gasteiger partial charge < -0.3 is 10.1 Å². The number of hydrogen-bond acceptors (Lipinski definition) is 2. The topological polar surface area (TPSA) is 21.3 Å². The Hall–Kier alpha value is -0.860. The molecule has 16 heavy (non-hydrogen) atoms. The molecule has 3 rings (SSSR count). The maximum absolute atomic E-state index is 5.94. The van der Waals surface area contributed by atoms with E-state index in [2.05, 4.69) is 29.6 Å². The first kappa shape index (κ1) is 10.3. The van der Waals surface area contributed by atoms with E-state index in [0.717, 1.165) is 18.9 Å². The lowest BCUT2D eigenvalue weighted by Gasteiger charge is -2.27. The van der Waals surface area contributed by atoms with E-state index in [0.29, 0.717) is 6.10 Å². The van der Waals surface area contributed by atoms with Gasteiger partial charge in [0, 0.05) is 0 Å². The summed E-state index contributed by atoms with van der Waals surface area (Å²) in [6.45, 7) is 3.24. The second kappa shape index (κ2) is 4.56. The lowest BCUT2D eigenvalue weighted by atomic mass is 9.91. The van der Waals surface area contributed by atoms with Crippen LogP contribution in [0.4, 0.5) is 0 Å². The zero-order valence-electron chi connectivity index (χ0n) is 9.61. The largest absolute Gasteiger partial charge is 0.373 e. The average molecular weight is 217 g/mol. The Morgan fingerprint density at radius 2 is 2.25 bits per heavy atom. The maximum atomic E-state index is 5.94. The minimum atomic E-state index is 0.342. The first-order valence-electron chi connectivity index (χ1n) is 6.33. The molecule has 0 saturated carbocycles. The van der Waals surface area contributed by atoms with E-state index in [4.69, 9.17) is 4.74 Å². The van der Waals surface area contributed by atoms with Crippen molar-refractivity contribution in [2.45, 2.75) is 25.4 Å². The molecule has 2 aliphatic heterocycles. The molecule has 0 spiro atoms. The van der Waals surface area contributed by atoms with Crippen molar-refractivity contribution < 1.29 is 4.74 Å². The van der Waals surface area contributed by atoms with Gasteiger partial charge in [0.05, 0.1) is 12.7 Å². The highest BCUT2D eigenvalue weighted by Crippen LogP contribution is 2.33. The third-order valence-corrected chi connectivity index (χ3v) is 3.80. The fourth-order valence-corrected chi connectivity index (χ4v) is 2.89. The van der Waals surface area contributed by atoms with Gasteiger partial charge in [0.25, 0.3) is 0 Å². The molecule has 0 aromatic heterocycles. The normalized spacial score (nSPS) is 29.0. The number of ether oxygens (including phenoxy) is 1. The smallest absolute Gasteiger partial charge is 0.0830 e. The van der Waals surface area contributed by atoms with Gasteiger partial charge in [-0.1, -0.05) is 24.3 Å². The molecule has 2 heterocycles. The highest BCUT2D eigenvalue weighted by atomic mass is 16.5. The van der Waals surface area contributed by atoms with Crippen LogP contribution in [-0.4, -0.2) is 19.7 Å². The van der Waals surface area contributed by atoms with Gasteiger partial charge in [0.2, 0.25) is 0 Å². The Balaban J connectivity index is 1.76. The van der Waals surface area contributed by atoms with Crippen molar-refractivity contribution in [2.24, 2.45) is 5.92 Å². The number of benzene rings is 1. The third kappa shape index (κ3) is 2.00. The molecule has 0 aliphatic carbocycles. The zero-order chi connectivity index (χ0) is 10.8. The molecule has 1 aromatic rings. The fourth-order valence-electron chi connectivity index (χ4n) is 2.89. The number of fused-ring (bicyclic) bond motifs is 1. The van der Waals surface area contributed by atoms with Crippen molar-refractivity contribution in [1.82, 2.24) is 5.32 Å². The van der Waals surface area contributed by atoms with E-state index < -0.39 is 0 Å². The summed E-state index contributed by atoms with van der Waals surface area (Å²) in [4.78, 5) is 0. The molecule has 1 saturated heterocycles. The van der Waals surface area contributed by atoms with E-state index >= 15 is 0 Å². The summed E-state index contributed by atoms with van der Waals surface area (Å²) in [7, 11) is 0. The van der Waals surface area contributed by atoms with Gasteiger partial charge in [-0.25, -0.2) is 0 Å². The Morgan fingerprint density at radius 3 is 3.12 bits per heavy atom.